The third-order valence-electron chi connectivity index (χ3n) is 5.11. The summed E-state index contributed by atoms with van der Waals surface area (Å²) in [6.45, 7) is 4.48. The lowest BCUT2D eigenvalue weighted by molar-refractivity contribution is -0.192. The zero-order chi connectivity index (χ0) is 21.7. The number of halogens is 3. The second-order valence-electron chi connectivity index (χ2n) is 7.15. The van der Waals surface area contributed by atoms with E-state index in [1.54, 1.807) is 13.2 Å². The topological polar surface area (TPSA) is 89.0 Å². The third kappa shape index (κ3) is 5.89. The summed E-state index contributed by atoms with van der Waals surface area (Å²) < 4.78 is 43.2. The Kier molecular flexibility index (Phi) is 7.59. The number of pyridine rings is 1. The summed E-state index contributed by atoms with van der Waals surface area (Å²) in [5.41, 5.74) is 1.17. The lowest BCUT2D eigenvalue weighted by Gasteiger charge is -2.43. The van der Waals surface area contributed by atoms with Gasteiger partial charge in [-0.25, -0.2) is 9.78 Å². The lowest BCUT2D eigenvalue weighted by Crippen LogP contribution is -2.56. The standard InChI is InChI=1S/C17H24N2O3.C2HF3O2/c1-13-5-3-7-15(18-13)16(20)19-9-10-22-17(12-19)8-4-6-14(17)11-21-2;3-2(4,5)1(6)7/h3,5,7,14H,4,6,8-12H2,1-2H3;(H,6,7)/t14-,17+;/m1./s1. The highest BCUT2D eigenvalue weighted by atomic mass is 19.4. The van der Waals surface area contributed by atoms with Crippen molar-refractivity contribution < 1.29 is 37.3 Å². The molecule has 0 unspecified atom stereocenters. The fourth-order valence-corrected chi connectivity index (χ4v) is 3.75. The van der Waals surface area contributed by atoms with E-state index in [1.165, 1.54) is 0 Å². The van der Waals surface area contributed by atoms with Gasteiger partial charge in [0.15, 0.2) is 0 Å². The molecule has 1 saturated heterocycles. The van der Waals surface area contributed by atoms with Crippen LogP contribution in [-0.2, 0) is 14.3 Å². The van der Waals surface area contributed by atoms with Crippen molar-refractivity contribution >= 4 is 11.9 Å². The first kappa shape index (κ1) is 23.1. The maximum Gasteiger partial charge on any atom is 0.490 e. The van der Waals surface area contributed by atoms with Gasteiger partial charge in [-0.2, -0.15) is 13.2 Å². The molecule has 1 amide bonds. The van der Waals surface area contributed by atoms with Crippen molar-refractivity contribution in [2.24, 2.45) is 5.92 Å². The summed E-state index contributed by atoms with van der Waals surface area (Å²) >= 11 is 0. The summed E-state index contributed by atoms with van der Waals surface area (Å²) in [6.07, 6.45) is -1.83. The van der Waals surface area contributed by atoms with Crippen LogP contribution in [0.2, 0.25) is 0 Å². The third-order valence-corrected chi connectivity index (χ3v) is 5.11. The SMILES string of the molecule is COC[C@H]1CCC[C@]12CN(C(=O)c1cccc(C)n1)CCO2.O=C(O)C(F)(F)F. The Hall–Kier alpha value is -2.20. The van der Waals surface area contributed by atoms with Crippen LogP contribution in [0, 0.1) is 12.8 Å². The van der Waals surface area contributed by atoms with Crippen molar-refractivity contribution in [2.45, 2.75) is 38.0 Å². The highest BCUT2D eigenvalue weighted by Gasteiger charge is 2.48. The zero-order valence-corrected chi connectivity index (χ0v) is 16.4. The van der Waals surface area contributed by atoms with Crippen molar-refractivity contribution in [2.75, 3.05) is 33.4 Å². The molecule has 1 aliphatic heterocycles. The summed E-state index contributed by atoms with van der Waals surface area (Å²) in [5.74, 6) is -2.37. The zero-order valence-electron chi connectivity index (χ0n) is 16.4. The largest absolute Gasteiger partial charge is 0.490 e. The van der Waals surface area contributed by atoms with E-state index in [-0.39, 0.29) is 11.5 Å². The van der Waals surface area contributed by atoms with E-state index in [0.29, 0.717) is 37.9 Å². The minimum absolute atomic E-state index is 0.00874. The van der Waals surface area contributed by atoms with Crippen LogP contribution in [0.5, 0.6) is 0 Å². The molecule has 2 atom stereocenters. The molecule has 162 valence electrons. The van der Waals surface area contributed by atoms with Gasteiger partial charge in [0.2, 0.25) is 0 Å². The van der Waals surface area contributed by atoms with Gasteiger partial charge >= 0.3 is 12.1 Å². The van der Waals surface area contributed by atoms with Gasteiger partial charge in [0.05, 0.1) is 25.4 Å². The first-order valence-electron chi connectivity index (χ1n) is 9.25. The first-order chi connectivity index (χ1) is 13.6. The Bertz CT molecular complexity index is 728. The van der Waals surface area contributed by atoms with E-state index < -0.39 is 12.1 Å². The molecular formula is C19H25F3N2O5. The number of morpholine rings is 1. The fraction of sp³-hybridized carbons (Fsp3) is 0.632. The number of carbonyl (C=O) groups excluding carboxylic acids is 1. The second-order valence-corrected chi connectivity index (χ2v) is 7.15. The number of alkyl halides is 3. The average Bonchev–Trinajstić information content (AvgIpc) is 3.02. The van der Waals surface area contributed by atoms with Crippen LogP contribution in [0.15, 0.2) is 18.2 Å². The Morgan fingerprint density at radius 2 is 2.10 bits per heavy atom. The maximum absolute atomic E-state index is 12.7. The van der Waals surface area contributed by atoms with Gasteiger partial charge < -0.3 is 19.5 Å². The predicted molar refractivity (Wildman–Crippen MR) is 96.5 cm³/mol. The summed E-state index contributed by atoms with van der Waals surface area (Å²) in [5, 5.41) is 7.12. The number of aryl methyl sites for hydroxylation is 1. The molecule has 1 aromatic heterocycles. The molecule has 1 saturated carbocycles. The van der Waals surface area contributed by atoms with E-state index in [0.717, 1.165) is 25.0 Å². The Morgan fingerprint density at radius 3 is 2.69 bits per heavy atom. The quantitative estimate of drug-likeness (QED) is 0.812. The number of carbonyl (C=O) groups is 2. The molecule has 0 bridgehead atoms. The van der Waals surface area contributed by atoms with Gasteiger partial charge in [-0.05, 0) is 31.9 Å². The average molecular weight is 418 g/mol. The van der Waals surface area contributed by atoms with Gasteiger partial charge in [-0.1, -0.05) is 12.5 Å². The molecule has 1 spiro atoms. The second kappa shape index (κ2) is 9.53. The van der Waals surface area contributed by atoms with E-state index >= 15 is 0 Å². The van der Waals surface area contributed by atoms with Crippen molar-refractivity contribution in [1.82, 2.24) is 9.88 Å². The van der Waals surface area contributed by atoms with E-state index in [9.17, 15) is 18.0 Å². The number of rotatable bonds is 3. The fourth-order valence-electron chi connectivity index (χ4n) is 3.75. The number of hydrogen-bond donors (Lipinski definition) is 1. The van der Waals surface area contributed by atoms with E-state index in [1.807, 2.05) is 24.0 Å². The van der Waals surface area contributed by atoms with Crippen LogP contribution in [-0.4, -0.2) is 72.1 Å². The maximum atomic E-state index is 12.7. The number of aliphatic carboxylic acids is 1. The van der Waals surface area contributed by atoms with Crippen LogP contribution >= 0.6 is 0 Å². The predicted octanol–water partition coefficient (Wildman–Crippen LogP) is 2.68. The molecule has 10 heteroatoms. The number of hydrogen-bond acceptors (Lipinski definition) is 5. The number of amides is 1. The highest BCUT2D eigenvalue weighted by molar-refractivity contribution is 5.92. The van der Waals surface area contributed by atoms with Crippen molar-refractivity contribution in [3.05, 3.63) is 29.6 Å². The molecule has 2 fully saturated rings. The molecule has 29 heavy (non-hydrogen) atoms. The summed E-state index contributed by atoms with van der Waals surface area (Å²) in [4.78, 5) is 27.9. The first-order valence-corrected chi connectivity index (χ1v) is 9.25. The van der Waals surface area contributed by atoms with Gasteiger partial charge in [0, 0.05) is 25.3 Å². The van der Waals surface area contributed by atoms with E-state index in [4.69, 9.17) is 19.4 Å². The highest BCUT2D eigenvalue weighted by Crippen LogP contribution is 2.41. The lowest BCUT2D eigenvalue weighted by atomic mass is 9.89. The van der Waals surface area contributed by atoms with Gasteiger partial charge in [-0.3, -0.25) is 4.79 Å². The van der Waals surface area contributed by atoms with Crippen molar-refractivity contribution in [1.29, 1.82) is 0 Å². The molecule has 7 nitrogen and oxygen atoms in total. The number of aromatic nitrogens is 1. The Morgan fingerprint density at radius 1 is 1.41 bits per heavy atom. The number of nitrogens with zero attached hydrogens (tertiary/aromatic N) is 2. The van der Waals surface area contributed by atoms with Crippen LogP contribution in [0.4, 0.5) is 13.2 Å². The monoisotopic (exact) mass is 418 g/mol. The summed E-state index contributed by atoms with van der Waals surface area (Å²) in [7, 11) is 1.73. The Balaban J connectivity index is 0.000000370. The minimum atomic E-state index is -5.08. The van der Waals surface area contributed by atoms with Crippen molar-refractivity contribution in [3.63, 3.8) is 0 Å². The molecule has 0 radical (unpaired) electrons. The normalized spacial score (nSPS) is 24.2. The minimum Gasteiger partial charge on any atom is -0.475 e. The van der Waals surface area contributed by atoms with Crippen LogP contribution in [0.3, 0.4) is 0 Å². The molecule has 3 rings (SSSR count). The number of carboxylic acids is 1. The van der Waals surface area contributed by atoms with Crippen molar-refractivity contribution in [3.8, 4) is 0 Å². The number of methoxy groups -OCH3 is 1. The molecular weight excluding hydrogens is 393 g/mol. The number of ether oxygens (including phenoxy) is 2. The number of carboxylic acid groups (broad SMARTS) is 1. The van der Waals surface area contributed by atoms with Crippen LogP contribution in [0.1, 0.15) is 35.4 Å². The summed E-state index contributed by atoms with van der Waals surface area (Å²) in [6, 6.07) is 5.58. The van der Waals surface area contributed by atoms with Crippen LogP contribution < -0.4 is 0 Å². The molecule has 2 heterocycles. The Labute approximate surface area is 166 Å². The molecule has 0 aromatic carbocycles. The smallest absolute Gasteiger partial charge is 0.475 e. The van der Waals surface area contributed by atoms with Crippen LogP contribution in [0.25, 0.3) is 0 Å². The van der Waals surface area contributed by atoms with Gasteiger partial charge in [-0.15, -0.1) is 0 Å². The van der Waals surface area contributed by atoms with E-state index in [2.05, 4.69) is 4.98 Å². The van der Waals surface area contributed by atoms with Gasteiger partial charge in [0.1, 0.15) is 5.69 Å². The molecule has 1 N–H and O–H groups in total. The molecule has 2 aliphatic rings. The molecule has 1 aliphatic carbocycles. The molecule has 1 aromatic rings. The van der Waals surface area contributed by atoms with Gasteiger partial charge in [0.25, 0.3) is 5.91 Å².